The van der Waals surface area contributed by atoms with E-state index in [-0.39, 0.29) is 0 Å². The van der Waals surface area contributed by atoms with Gasteiger partial charge in [0.25, 0.3) is 0 Å². The van der Waals surface area contributed by atoms with E-state index in [0.29, 0.717) is 6.04 Å². The van der Waals surface area contributed by atoms with Crippen molar-refractivity contribution in [3.05, 3.63) is 64.1 Å². The molecule has 1 unspecified atom stereocenters. The van der Waals surface area contributed by atoms with E-state index in [9.17, 15) is 0 Å². The van der Waals surface area contributed by atoms with Gasteiger partial charge in [0, 0.05) is 21.2 Å². The molecule has 0 amide bonds. The van der Waals surface area contributed by atoms with Crippen molar-refractivity contribution in [3.63, 3.8) is 0 Å². The summed E-state index contributed by atoms with van der Waals surface area (Å²) >= 11 is 5.39. The molecule has 3 heteroatoms. The Morgan fingerprint density at radius 3 is 2.68 bits per heavy atom. The van der Waals surface area contributed by atoms with Gasteiger partial charge >= 0.3 is 0 Å². The Morgan fingerprint density at radius 1 is 1.16 bits per heavy atom. The number of rotatable bonds is 5. The van der Waals surface area contributed by atoms with Gasteiger partial charge in [0.2, 0.25) is 0 Å². The van der Waals surface area contributed by atoms with E-state index >= 15 is 0 Å². The smallest absolute Gasteiger partial charge is 0.0289 e. The summed E-state index contributed by atoms with van der Waals surface area (Å²) < 4.78 is 1.14. The Balaban J connectivity index is 2.03. The maximum atomic E-state index is 3.51. The van der Waals surface area contributed by atoms with Crippen LogP contribution in [0.25, 0.3) is 0 Å². The van der Waals surface area contributed by atoms with Gasteiger partial charge in [-0.15, -0.1) is 11.8 Å². The molecule has 0 spiro atoms. The lowest BCUT2D eigenvalue weighted by atomic mass is 10.1. The summed E-state index contributed by atoms with van der Waals surface area (Å²) in [6.45, 7) is 2.18. The molecule has 100 valence electrons. The molecule has 0 aliphatic rings. The lowest BCUT2D eigenvalue weighted by Gasteiger charge is -2.11. The first-order valence-corrected chi connectivity index (χ1v) is 8.11. The van der Waals surface area contributed by atoms with Crippen molar-refractivity contribution in [1.29, 1.82) is 0 Å². The molecule has 1 nitrogen and oxygen atoms in total. The van der Waals surface area contributed by atoms with Gasteiger partial charge in [-0.25, -0.2) is 0 Å². The van der Waals surface area contributed by atoms with E-state index < -0.39 is 0 Å². The Hall–Kier alpha value is -0.770. The van der Waals surface area contributed by atoms with Crippen LogP contribution < -0.4 is 5.32 Å². The summed E-state index contributed by atoms with van der Waals surface area (Å²) in [5.41, 5.74) is 2.67. The van der Waals surface area contributed by atoms with Crippen molar-refractivity contribution in [1.82, 2.24) is 5.32 Å². The molecule has 1 N–H and O–H groups in total. The maximum absolute atomic E-state index is 3.51. The highest BCUT2D eigenvalue weighted by Gasteiger charge is 2.03. The fourth-order valence-electron chi connectivity index (χ4n) is 1.83. The number of halogens is 1. The Morgan fingerprint density at radius 2 is 1.95 bits per heavy atom. The van der Waals surface area contributed by atoms with Crippen LogP contribution in [-0.2, 0) is 5.75 Å². The molecule has 0 aliphatic carbocycles. The molecule has 1 atom stereocenters. The van der Waals surface area contributed by atoms with Crippen LogP contribution in [0.5, 0.6) is 0 Å². The highest BCUT2D eigenvalue weighted by atomic mass is 79.9. The largest absolute Gasteiger partial charge is 0.313 e. The van der Waals surface area contributed by atoms with E-state index in [4.69, 9.17) is 0 Å². The molecule has 0 aromatic heterocycles. The van der Waals surface area contributed by atoms with Gasteiger partial charge in [-0.1, -0.05) is 40.2 Å². The zero-order valence-electron chi connectivity index (χ0n) is 11.2. The van der Waals surface area contributed by atoms with Crippen LogP contribution >= 0.6 is 27.7 Å². The van der Waals surface area contributed by atoms with E-state index in [1.165, 1.54) is 16.0 Å². The van der Waals surface area contributed by atoms with E-state index in [1.54, 1.807) is 0 Å². The van der Waals surface area contributed by atoms with Crippen molar-refractivity contribution >= 4 is 27.7 Å². The van der Waals surface area contributed by atoms with Gasteiger partial charge in [-0.05, 0) is 49.4 Å². The van der Waals surface area contributed by atoms with Crippen LogP contribution in [0.4, 0.5) is 0 Å². The molecule has 0 aliphatic heterocycles. The molecule has 0 bridgehead atoms. The van der Waals surface area contributed by atoms with Gasteiger partial charge in [-0.3, -0.25) is 0 Å². The number of thioether (sulfide) groups is 1. The van der Waals surface area contributed by atoms with Crippen LogP contribution in [0.15, 0.2) is 57.9 Å². The maximum Gasteiger partial charge on any atom is 0.0289 e. The van der Waals surface area contributed by atoms with Gasteiger partial charge in [0.05, 0.1) is 0 Å². The molecule has 0 saturated carbocycles. The third-order valence-electron chi connectivity index (χ3n) is 3.09. The van der Waals surface area contributed by atoms with Crippen LogP contribution in [-0.4, -0.2) is 7.05 Å². The normalized spacial score (nSPS) is 12.4. The van der Waals surface area contributed by atoms with Crippen molar-refractivity contribution in [2.75, 3.05) is 7.05 Å². The molecule has 0 fully saturated rings. The summed E-state index contributed by atoms with van der Waals surface area (Å²) in [7, 11) is 1.99. The standard InChI is InChI=1S/C16H18BrNS/c1-12(18-2)14-6-4-8-16(10-14)19-11-13-5-3-7-15(17)9-13/h3-10,12,18H,11H2,1-2H3. The third-order valence-corrected chi connectivity index (χ3v) is 4.64. The third kappa shape index (κ3) is 4.37. The van der Waals surface area contributed by atoms with Gasteiger partial charge < -0.3 is 5.32 Å². The summed E-state index contributed by atoms with van der Waals surface area (Å²) in [5, 5.41) is 3.27. The van der Waals surface area contributed by atoms with Crippen molar-refractivity contribution in [3.8, 4) is 0 Å². The molecule has 0 saturated heterocycles. The topological polar surface area (TPSA) is 12.0 Å². The van der Waals surface area contributed by atoms with E-state index in [1.807, 2.05) is 18.8 Å². The molecular formula is C16H18BrNS. The first-order chi connectivity index (χ1) is 9.19. The molecular weight excluding hydrogens is 318 g/mol. The van der Waals surface area contributed by atoms with Crippen LogP contribution in [0.2, 0.25) is 0 Å². The quantitative estimate of drug-likeness (QED) is 0.769. The fourth-order valence-corrected chi connectivity index (χ4v) is 3.19. The van der Waals surface area contributed by atoms with E-state index in [2.05, 4.69) is 76.7 Å². The first-order valence-electron chi connectivity index (χ1n) is 6.33. The molecule has 2 rings (SSSR count). The molecule has 0 heterocycles. The average Bonchev–Trinajstić information content (AvgIpc) is 2.45. The SMILES string of the molecule is CNC(C)c1cccc(SCc2cccc(Br)c2)c1. The fraction of sp³-hybridized carbons (Fsp3) is 0.250. The minimum absolute atomic E-state index is 0.395. The number of hydrogen-bond donors (Lipinski definition) is 1. The minimum Gasteiger partial charge on any atom is -0.313 e. The first kappa shape index (κ1) is 14.6. The number of benzene rings is 2. The van der Waals surface area contributed by atoms with Gasteiger partial charge in [0.15, 0.2) is 0 Å². The zero-order chi connectivity index (χ0) is 13.7. The van der Waals surface area contributed by atoms with E-state index in [0.717, 1.165) is 10.2 Å². The van der Waals surface area contributed by atoms with Crippen molar-refractivity contribution in [2.45, 2.75) is 23.6 Å². The highest BCUT2D eigenvalue weighted by molar-refractivity contribution is 9.10. The second kappa shape index (κ2) is 7.13. The summed E-state index contributed by atoms with van der Waals surface area (Å²) in [6, 6.07) is 17.6. The van der Waals surface area contributed by atoms with Crippen LogP contribution in [0, 0.1) is 0 Å². The predicted octanol–water partition coefficient (Wildman–Crippen LogP) is 5.02. The summed E-state index contributed by atoms with van der Waals surface area (Å²) in [6.07, 6.45) is 0. The van der Waals surface area contributed by atoms with Crippen LogP contribution in [0.1, 0.15) is 24.1 Å². The lowest BCUT2D eigenvalue weighted by molar-refractivity contribution is 0.651. The highest BCUT2D eigenvalue weighted by Crippen LogP contribution is 2.26. The second-order valence-corrected chi connectivity index (χ2v) is 6.47. The summed E-state index contributed by atoms with van der Waals surface area (Å²) in [4.78, 5) is 1.32. The molecule has 19 heavy (non-hydrogen) atoms. The minimum atomic E-state index is 0.395. The Labute approximate surface area is 127 Å². The molecule has 2 aromatic rings. The second-order valence-electron chi connectivity index (χ2n) is 4.50. The van der Waals surface area contributed by atoms with Gasteiger partial charge in [-0.2, -0.15) is 0 Å². The Bertz CT molecular complexity index is 542. The van der Waals surface area contributed by atoms with Crippen molar-refractivity contribution in [2.24, 2.45) is 0 Å². The predicted molar refractivity (Wildman–Crippen MR) is 87.6 cm³/mol. The van der Waals surface area contributed by atoms with Gasteiger partial charge in [0.1, 0.15) is 0 Å². The summed E-state index contributed by atoms with van der Waals surface area (Å²) in [5.74, 6) is 0.997. The monoisotopic (exact) mass is 335 g/mol. The van der Waals surface area contributed by atoms with Crippen molar-refractivity contribution < 1.29 is 0 Å². The molecule has 2 aromatic carbocycles. The molecule has 0 radical (unpaired) electrons. The lowest BCUT2D eigenvalue weighted by Crippen LogP contribution is -2.11. The van der Waals surface area contributed by atoms with Crippen LogP contribution in [0.3, 0.4) is 0 Å². The number of nitrogens with one attached hydrogen (secondary N) is 1. The number of hydrogen-bond acceptors (Lipinski definition) is 2. The average molecular weight is 336 g/mol. The zero-order valence-corrected chi connectivity index (χ0v) is 13.6. The Kier molecular flexibility index (Phi) is 5.49.